The molecule has 0 fully saturated rings. The summed E-state index contributed by atoms with van der Waals surface area (Å²) in [7, 11) is 1.63. The van der Waals surface area contributed by atoms with Crippen molar-refractivity contribution in [3.8, 4) is 11.5 Å². The minimum Gasteiger partial charge on any atom is -0.493 e. The number of methoxy groups -OCH3 is 1. The molecule has 154 valence electrons. The summed E-state index contributed by atoms with van der Waals surface area (Å²) in [6.07, 6.45) is 0. The first-order valence-corrected chi connectivity index (χ1v) is 10.6. The van der Waals surface area contributed by atoms with E-state index >= 15 is 0 Å². The SMILES string of the molecule is COc1ccccc1OCCn1c(C(C)NC(=O)c2cccs2)nc2ccccc21. The van der Waals surface area contributed by atoms with Gasteiger partial charge in [-0.15, -0.1) is 11.3 Å². The van der Waals surface area contributed by atoms with Gasteiger partial charge in [-0.1, -0.05) is 30.3 Å². The number of carbonyl (C=O) groups is 1. The van der Waals surface area contributed by atoms with E-state index in [1.807, 2.05) is 73.0 Å². The summed E-state index contributed by atoms with van der Waals surface area (Å²) in [6, 6.07) is 19.0. The number of hydrogen-bond donors (Lipinski definition) is 1. The molecule has 4 aromatic rings. The van der Waals surface area contributed by atoms with E-state index in [9.17, 15) is 4.79 Å². The molecule has 2 aromatic heterocycles. The molecule has 0 bridgehead atoms. The van der Waals surface area contributed by atoms with Gasteiger partial charge in [-0.05, 0) is 42.6 Å². The first kappa shape index (κ1) is 20.0. The van der Waals surface area contributed by atoms with Crippen molar-refractivity contribution in [1.82, 2.24) is 14.9 Å². The summed E-state index contributed by atoms with van der Waals surface area (Å²) < 4.78 is 13.4. The first-order chi connectivity index (χ1) is 14.7. The lowest BCUT2D eigenvalue weighted by Gasteiger charge is -2.17. The van der Waals surface area contributed by atoms with Gasteiger partial charge in [-0.25, -0.2) is 4.98 Å². The van der Waals surface area contributed by atoms with E-state index in [1.54, 1.807) is 7.11 Å². The number of para-hydroxylation sites is 4. The molecule has 0 aliphatic heterocycles. The summed E-state index contributed by atoms with van der Waals surface area (Å²) in [5, 5.41) is 4.95. The Kier molecular flexibility index (Phi) is 5.99. The van der Waals surface area contributed by atoms with Gasteiger partial charge in [-0.2, -0.15) is 0 Å². The number of aromatic nitrogens is 2. The smallest absolute Gasteiger partial charge is 0.261 e. The van der Waals surface area contributed by atoms with Crippen LogP contribution in [0.2, 0.25) is 0 Å². The topological polar surface area (TPSA) is 65.4 Å². The van der Waals surface area contributed by atoms with Crippen molar-refractivity contribution in [3.05, 3.63) is 76.7 Å². The van der Waals surface area contributed by atoms with Crippen LogP contribution >= 0.6 is 11.3 Å². The van der Waals surface area contributed by atoms with Crippen molar-refractivity contribution in [1.29, 1.82) is 0 Å². The van der Waals surface area contributed by atoms with Crippen LogP contribution in [0.3, 0.4) is 0 Å². The van der Waals surface area contributed by atoms with Crippen molar-refractivity contribution in [2.24, 2.45) is 0 Å². The maximum Gasteiger partial charge on any atom is 0.261 e. The highest BCUT2D eigenvalue weighted by Gasteiger charge is 2.19. The zero-order valence-corrected chi connectivity index (χ0v) is 17.7. The quantitative estimate of drug-likeness (QED) is 0.449. The number of ether oxygens (including phenoxy) is 2. The Hall–Kier alpha value is -3.32. The van der Waals surface area contributed by atoms with Gasteiger partial charge in [0.1, 0.15) is 12.4 Å². The van der Waals surface area contributed by atoms with Gasteiger partial charge >= 0.3 is 0 Å². The zero-order chi connectivity index (χ0) is 20.9. The van der Waals surface area contributed by atoms with E-state index in [4.69, 9.17) is 14.5 Å². The summed E-state index contributed by atoms with van der Waals surface area (Å²) in [5.74, 6) is 2.10. The minimum atomic E-state index is -0.252. The maximum atomic E-state index is 12.5. The van der Waals surface area contributed by atoms with Crippen molar-refractivity contribution < 1.29 is 14.3 Å². The van der Waals surface area contributed by atoms with E-state index in [0.717, 1.165) is 16.9 Å². The predicted octanol–water partition coefficient (Wildman–Crippen LogP) is 4.68. The summed E-state index contributed by atoms with van der Waals surface area (Å²) in [4.78, 5) is 18.0. The van der Waals surface area contributed by atoms with Gasteiger partial charge in [0.05, 0.1) is 35.6 Å². The van der Waals surface area contributed by atoms with Crippen LogP contribution in [0.15, 0.2) is 66.0 Å². The zero-order valence-electron chi connectivity index (χ0n) is 16.9. The van der Waals surface area contributed by atoms with Gasteiger partial charge in [0.25, 0.3) is 5.91 Å². The molecule has 0 spiro atoms. The Morgan fingerprint density at radius 1 is 1.10 bits per heavy atom. The third kappa shape index (κ3) is 4.16. The molecule has 2 heterocycles. The number of amides is 1. The van der Waals surface area contributed by atoms with Gasteiger partial charge in [0.2, 0.25) is 0 Å². The largest absolute Gasteiger partial charge is 0.493 e. The molecule has 2 aromatic carbocycles. The molecule has 6 nitrogen and oxygen atoms in total. The molecule has 1 unspecified atom stereocenters. The predicted molar refractivity (Wildman–Crippen MR) is 118 cm³/mol. The summed E-state index contributed by atoms with van der Waals surface area (Å²) in [6.45, 7) is 2.98. The number of hydrogen-bond acceptors (Lipinski definition) is 5. The van der Waals surface area contributed by atoms with Crippen LogP contribution in [-0.2, 0) is 6.54 Å². The minimum absolute atomic E-state index is 0.0959. The highest BCUT2D eigenvalue weighted by molar-refractivity contribution is 7.12. The fourth-order valence-electron chi connectivity index (χ4n) is 3.38. The fourth-order valence-corrected chi connectivity index (χ4v) is 4.01. The van der Waals surface area contributed by atoms with Crippen LogP contribution in [0.1, 0.15) is 28.5 Å². The molecule has 1 atom stereocenters. The summed E-state index contributed by atoms with van der Waals surface area (Å²) >= 11 is 1.42. The molecular weight excluding hydrogens is 398 g/mol. The number of carbonyl (C=O) groups excluding carboxylic acids is 1. The van der Waals surface area contributed by atoms with Gasteiger partial charge in [-0.3, -0.25) is 4.79 Å². The van der Waals surface area contributed by atoms with E-state index in [-0.39, 0.29) is 11.9 Å². The van der Waals surface area contributed by atoms with Crippen LogP contribution in [0.4, 0.5) is 0 Å². The number of rotatable bonds is 8. The molecule has 30 heavy (non-hydrogen) atoms. The van der Waals surface area contributed by atoms with E-state index in [1.165, 1.54) is 11.3 Å². The van der Waals surface area contributed by atoms with Crippen LogP contribution < -0.4 is 14.8 Å². The number of thiophene rings is 1. The second-order valence-electron chi connectivity index (χ2n) is 6.78. The lowest BCUT2D eigenvalue weighted by Crippen LogP contribution is -2.28. The number of imidazole rings is 1. The molecule has 0 saturated carbocycles. The van der Waals surface area contributed by atoms with Crippen LogP contribution in [-0.4, -0.2) is 29.2 Å². The van der Waals surface area contributed by atoms with Gasteiger partial charge in [0.15, 0.2) is 11.5 Å². The van der Waals surface area contributed by atoms with Gasteiger partial charge in [0, 0.05) is 0 Å². The van der Waals surface area contributed by atoms with E-state index in [2.05, 4.69) is 9.88 Å². The second kappa shape index (κ2) is 9.00. The average Bonchev–Trinajstić information content (AvgIpc) is 3.43. The first-order valence-electron chi connectivity index (χ1n) is 9.72. The average molecular weight is 422 g/mol. The third-order valence-electron chi connectivity index (χ3n) is 4.81. The third-order valence-corrected chi connectivity index (χ3v) is 5.67. The number of benzene rings is 2. The highest BCUT2D eigenvalue weighted by atomic mass is 32.1. The van der Waals surface area contributed by atoms with Crippen LogP contribution in [0.25, 0.3) is 11.0 Å². The Morgan fingerprint density at radius 3 is 2.63 bits per heavy atom. The Balaban J connectivity index is 1.55. The van der Waals surface area contributed by atoms with Crippen molar-refractivity contribution >= 4 is 28.3 Å². The second-order valence-corrected chi connectivity index (χ2v) is 7.73. The molecule has 1 amide bonds. The molecule has 4 rings (SSSR count). The molecule has 0 aliphatic rings. The van der Waals surface area contributed by atoms with Crippen molar-refractivity contribution in [2.45, 2.75) is 19.5 Å². The molecule has 0 saturated heterocycles. The molecule has 7 heteroatoms. The van der Waals surface area contributed by atoms with Crippen molar-refractivity contribution in [3.63, 3.8) is 0 Å². The molecular formula is C23H23N3O3S. The van der Waals surface area contributed by atoms with E-state index < -0.39 is 0 Å². The normalized spacial score (nSPS) is 11.9. The lowest BCUT2D eigenvalue weighted by molar-refractivity contribution is 0.0941. The van der Waals surface area contributed by atoms with Gasteiger partial charge < -0.3 is 19.4 Å². The Morgan fingerprint density at radius 2 is 1.87 bits per heavy atom. The Bertz CT molecular complexity index is 1140. The van der Waals surface area contributed by atoms with Crippen LogP contribution in [0.5, 0.6) is 11.5 Å². The lowest BCUT2D eigenvalue weighted by atomic mass is 10.3. The van der Waals surface area contributed by atoms with E-state index in [0.29, 0.717) is 29.5 Å². The number of fused-ring (bicyclic) bond motifs is 1. The maximum absolute atomic E-state index is 12.5. The Labute approximate surface area is 179 Å². The van der Waals surface area contributed by atoms with Crippen LogP contribution in [0, 0.1) is 0 Å². The fraction of sp³-hybridized carbons (Fsp3) is 0.217. The summed E-state index contributed by atoms with van der Waals surface area (Å²) in [5.41, 5.74) is 1.90. The molecule has 1 N–H and O–H groups in total. The highest BCUT2D eigenvalue weighted by Crippen LogP contribution is 2.26. The number of nitrogens with one attached hydrogen (secondary N) is 1. The number of nitrogens with zero attached hydrogens (tertiary/aromatic N) is 2. The van der Waals surface area contributed by atoms with Crippen molar-refractivity contribution in [2.75, 3.05) is 13.7 Å². The monoisotopic (exact) mass is 421 g/mol. The molecule has 0 aliphatic carbocycles. The standard InChI is InChI=1S/C23H23N3O3S/c1-16(24-23(27)21-12-7-15-30-21)22-25-17-8-3-4-9-18(17)26(22)13-14-29-20-11-6-5-10-19(20)28-2/h3-12,15-16H,13-14H2,1-2H3,(H,24,27). The molecule has 0 radical (unpaired) electrons.